The van der Waals surface area contributed by atoms with Crippen LogP contribution in [0.5, 0.6) is 0 Å². The zero-order chi connectivity index (χ0) is 25.5. The summed E-state index contributed by atoms with van der Waals surface area (Å²) in [7, 11) is -2.32. The molecule has 0 spiro atoms. The number of carbonyl (C=O) groups is 1. The minimum Gasteiger partial charge on any atom is -0.383 e. The molecule has 0 fully saturated rings. The highest BCUT2D eigenvalue weighted by Gasteiger charge is 2.32. The van der Waals surface area contributed by atoms with Crippen LogP contribution in [0.15, 0.2) is 63.0 Å². The Labute approximate surface area is 201 Å². The molecule has 12 heteroatoms. The number of nitrogens with zero attached hydrogens (tertiary/aromatic N) is 3. The minimum atomic E-state index is -3.87. The number of aromatic amines is 1. The fourth-order valence-corrected chi connectivity index (χ4v) is 4.96. The van der Waals surface area contributed by atoms with Crippen molar-refractivity contribution < 1.29 is 13.2 Å². The van der Waals surface area contributed by atoms with Gasteiger partial charge in [0.25, 0.3) is 5.56 Å². The summed E-state index contributed by atoms with van der Waals surface area (Å²) in [5, 5.41) is 5.23. The number of hydrogen-bond acceptors (Lipinski definition) is 7. The van der Waals surface area contributed by atoms with Crippen LogP contribution in [0.3, 0.4) is 0 Å². The molecule has 0 aliphatic carbocycles. The normalized spacial score (nSPS) is 15.2. The Morgan fingerprint density at radius 2 is 1.86 bits per heavy atom. The maximum atomic E-state index is 13.3. The molecular weight excluding hydrogens is 472 g/mol. The van der Waals surface area contributed by atoms with Crippen LogP contribution in [0.1, 0.15) is 18.1 Å². The van der Waals surface area contributed by atoms with E-state index in [0.29, 0.717) is 17.7 Å². The monoisotopic (exact) mass is 498 g/mol. The van der Waals surface area contributed by atoms with E-state index >= 15 is 0 Å². The summed E-state index contributed by atoms with van der Waals surface area (Å²) in [5.74, 6) is -0.368. The van der Waals surface area contributed by atoms with E-state index in [4.69, 9.17) is 10.9 Å². The van der Waals surface area contributed by atoms with Crippen LogP contribution in [0.2, 0.25) is 0 Å². The second-order valence-electron chi connectivity index (χ2n) is 8.57. The van der Waals surface area contributed by atoms with Crippen molar-refractivity contribution in [3.05, 3.63) is 80.5 Å². The van der Waals surface area contributed by atoms with Gasteiger partial charge in [0, 0.05) is 18.8 Å². The van der Waals surface area contributed by atoms with E-state index in [1.165, 1.54) is 21.6 Å². The van der Waals surface area contributed by atoms with Crippen molar-refractivity contribution in [3.63, 3.8) is 0 Å². The Bertz CT molecular complexity index is 1510. The topological polar surface area (TPSA) is 165 Å². The van der Waals surface area contributed by atoms with Crippen LogP contribution in [-0.2, 0) is 27.8 Å². The number of amides is 1. The van der Waals surface area contributed by atoms with Gasteiger partial charge in [-0.3, -0.25) is 19.1 Å². The van der Waals surface area contributed by atoms with Gasteiger partial charge in [-0.05, 0) is 42.7 Å². The lowest BCUT2D eigenvalue weighted by molar-refractivity contribution is -0.117. The fourth-order valence-electron chi connectivity index (χ4n) is 4.39. The first kappa shape index (κ1) is 24.2. The second-order valence-corrected chi connectivity index (χ2v) is 10.1. The number of hydrogen-bond donors (Lipinski definition) is 3. The maximum absolute atomic E-state index is 13.3. The number of sulfonamides is 1. The van der Waals surface area contributed by atoms with Crippen molar-refractivity contribution in [1.29, 1.82) is 0 Å². The van der Waals surface area contributed by atoms with Crippen molar-refractivity contribution >= 4 is 33.1 Å². The van der Waals surface area contributed by atoms with Crippen LogP contribution >= 0.6 is 0 Å². The molecule has 1 atom stereocenters. The van der Waals surface area contributed by atoms with Gasteiger partial charge in [-0.15, -0.1) is 0 Å². The van der Waals surface area contributed by atoms with Gasteiger partial charge in [0.2, 0.25) is 15.9 Å². The molecule has 35 heavy (non-hydrogen) atoms. The molecule has 0 bridgehead atoms. The summed E-state index contributed by atoms with van der Waals surface area (Å²) < 4.78 is 24.6. The standard InChI is InChI=1S/C23H26N6O5S/c1-14-10-16-11-17(35(25,33)34)8-9-18(16)29(14)19(30)13-27(2)20-21(24)28(23(32)26-22(20)31)12-15-6-4-3-5-7-15/h3-9,11,14H,10,12-13,24H2,1-2H3,(H2,25,33,34)(H,26,31,32). The zero-order valence-electron chi connectivity index (χ0n) is 19.3. The van der Waals surface area contributed by atoms with E-state index in [9.17, 15) is 22.8 Å². The van der Waals surface area contributed by atoms with E-state index in [-0.39, 0.29) is 41.4 Å². The first-order valence-corrected chi connectivity index (χ1v) is 12.4. The number of aromatic nitrogens is 2. The quantitative estimate of drug-likeness (QED) is 0.438. The minimum absolute atomic E-state index is 0.00512. The van der Waals surface area contributed by atoms with Gasteiger partial charge < -0.3 is 15.5 Å². The number of anilines is 3. The Morgan fingerprint density at radius 1 is 1.17 bits per heavy atom. The lowest BCUT2D eigenvalue weighted by Gasteiger charge is -2.27. The molecule has 2 aromatic carbocycles. The number of primary sulfonamides is 1. The molecule has 1 aliphatic rings. The summed E-state index contributed by atoms with van der Waals surface area (Å²) in [6.07, 6.45) is 0.457. The number of nitrogens with one attached hydrogen (secondary N) is 1. The highest BCUT2D eigenvalue weighted by Crippen LogP contribution is 2.34. The lowest BCUT2D eigenvalue weighted by Crippen LogP contribution is -2.44. The van der Waals surface area contributed by atoms with Gasteiger partial charge >= 0.3 is 5.69 Å². The second kappa shape index (κ2) is 9.04. The molecule has 1 aliphatic heterocycles. The lowest BCUT2D eigenvalue weighted by atomic mass is 10.1. The van der Waals surface area contributed by atoms with Gasteiger partial charge in [-0.1, -0.05) is 30.3 Å². The Hall–Kier alpha value is -3.90. The molecule has 1 amide bonds. The van der Waals surface area contributed by atoms with Crippen molar-refractivity contribution in [1.82, 2.24) is 9.55 Å². The molecular formula is C23H26N6O5S. The molecule has 3 aromatic rings. The highest BCUT2D eigenvalue weighted by molar-refractivity contribution is 7.89. The number of carbonyl (C=O) groups excluding carboxylic acids is 1. The van der Waals surface area contributed by atoms with E-state index in [2.05, 4.69) is 4.98 Å². The van der Waals surface area contributed by atoms with Gasteiger partial charge in [0.05, 0.1) is 18.0 Å². The third-order valence-electron chi connectivity index (χ3n) is 6.02. The van der Waals surface area contributed by atoms with Gasteiger partial charge in [-0.2, -0.15) is 0 Å². The van der Waals surface area contributed by atoms with Crippen molar-refractivity contribution in [3.8, 4) is 0 Å². The number of nitrogen functional groups attached to an aromatic ring is 1. The SMILES string of the molecule is CC1Cc2cc(S(N)(=O)=O)ccc2N1C(=O)CN(C)c1c(N)n(Cc2ccccc2)c(=O)[nH]c1=O. The molecule has 5 N–H and O–H groups in total. The molecule has 184 valence electrons. The van der Waals surface area contributed by atoms with Crippen molar-refractivity contribution in [2.75, 3.05) is 29.1 Å². The highest BCUT2D eigenvalue weighted by atomic mass is 32.2. The van der Waals surface area contributed by atoms with Gasteiger partial charge in [0.1, 0.15) is 11.5 Å². The summed E-state index contributed by atoms with van der Waals surface area (Å²) in [6, 6.07) is 13.3. The molecule has 0 saturated heterocycles. The average Bonchev–Trinajstić information content (AvgIpc) is 3.11. The molecule has 1 aromatic heterocycles. The number of nitrogens with two attached hydrogens (primary N) is 2. The number of fused-ring (bicyclic) bond motifs is 1. The summed E-state index contributed by atoms with van der Waals surface area (Å²) in [6.45, 7) is 1.80. The van der Waals surface area contributed by atoms with Crippen LogP contribution in [-0.4, -0.2) is 43.5 Å². The Kier molecular flexibility index (Phi) is 6.26. The number of rotatable bonds is 6. The fraction of sp³-hybridized carbons (Fsp3) is 0.261. The average molecular weight is 499 g/mol. The molecule has 4 rings (SSSR count). The van der Waals surface area contributed by atoms with Crippen LogP contribution < -0.4 is 31.9 Å². The smallest absolute Gasteiger partial charge is 0.330 e. The predicted molar refractivity (Wildman–Crippen MR) is 133 cm³/mol. The molecule has 0 saturated carbocycles. The zero-order valence-corrected chi connectivity index (χ0v) is 20.1. The molecule has 1 unspecified atom stereocenters. The van der Waals surface area contributed by atoms with E-state index < -0.39 is 21.3 Å². The number of H-pyrrole nitrogens is 1. The van der Waals surface area contributed by atoms with Gasteiger partial charge in [-0.25, -0.2) is 18.4 Å². The number of benzene rings is 2. The van der Waals surface area contributed by atoms with E-state index in [1.807, 2.05) is 37.3 Å². The van der Waals surface area contributed by atoms with Crippen LogP contribution in [0.4, 0.5) is 17.2 Å². The third kappa shape index (κ3) is 4.70. The third-order valence-corrected chi connectivity index (χ3v) is 6.93. The first-order valence-electron chi connectivity index (χ1n) is 10.8. The molecule has 2 heterocycles. The summed E-state index contributed by atoms with van der Waals surface area (Å²) >= 11 is 0. The van der Waals surface area contributed by atoms with E-state index in [0.717, 1.165) is 5.56 Å². The first-order chi connectivity index (χ1) is 16.5. The van der Waals surface area contributed by atoms with E-state index in [1.54, 1.807) is 18.0 Å². The molecule has 11 nitrogen and oxygen atoms in total. The number of likely N-dealkylation sites (N-methyl/N-ethyl adjacent to an activating group) is 1. The largest absolute Gasteiger partial charge is 0.383 e. The van der Waals surface area contributed by atoms with Crippen molar-refractivity contribution in [2.45, 2.75) is 30.8 Å². The summed E-state index contributed by atoms with van der Waals surface area (Å²) in [5.41, 5.74) is 6.99. The van der Waals surface area contributed by atoms with Gasteiger partial charge in [0.15, 0.2) is 0 Å². The predicted octanol–water partition coefficient (Wildman–Crippen LogP) is 0.229. The Balaban J connectivity index is 1.62. The molecule has 0 radical (unpaired) electrons. The Morgan fingerprint density at radius 3 is 2.51 bits per heavy atom. The van der Waals surface area contributed by atoms with Crippen LogP contribution in [0.25, 0.3) is 0 Å². The van der Waals surface area contributed by atoms with Crippen molar-refractivity contribution in [2.24, 2.45) is 5.14 Å². The maximum Gasteiger partial charge on any atom is 0.330 e. The van der Waals surface area contributed by atoms with Crippen LogP contribution in [0, 0.1) is 0 Å². The summed E-state index contributed by atoms with van der Waals surface area (Å²) in [4.78, 5) is 43.5.